The molecule has 1 aliphatic rings. The lowest BCUT2D eigenvalue weighted by molar-refractivity contribution is 0.0638. The van der Waals surface area contributed by atoms with E-state index in [1.807, 2.05) is 18.7 Å². The van der Waals surface area contributed by atoms with Crippen LogP contribution in [-0.2, 0) is 6.54 Å². The maximum atomic E-state index is 12.8. The predicted molar refractivity (Wildman–Crippen MR) is 126 cm³/mol. The average molecular weight is 484 g/mol. The molecule has 1 N–H and O–H groups in total. The number of hydrogen-bond donors (Lipinski definition) is 1. The van der Waals surface area contributed by atoms with Crippen molar-refractivity contribution in [3.05, 3.63) is 44.3 Å². The average Bonchev–Trinajstić information content (AvgIpc) is 3.22. The van der Waals surface area contributed by atoms with Gasteiger partial charge >= 0.3 is 6.03 Å². The molecule has 1 aliphatic heterocycles. The monoisotopic (exact) mass is 483 g/mol. The van der Waals surface area contributed by atoms with Crippen LogP contribution < -0.4 is 5.32 Å². The van der Waals surface area contributed by atoms with Gasteiger partial charge in [-0.15, -0.1) is 11.3 Å². The van der Waals surface area contributed by atoms with Crippen LogP contribution in [0.1, 0.15) is 36.3 Å². The number of rotatable bonds is 6. The molecule has 2 heterocycles. The van der Waals surface area contributed by atoms with Gasteiger partial charge in [-0.1, -0.05) is 30.1 Å². The van der Waals surface area contributed by atoms with E-state index in [1.165, 1.54) is 11.3 Å². The molecule has 2 aromatic rings. The van der Waals surface area contributed by atoms with Gasteiger partial charge < -0.3 is 20.0 Å². The van der Waals surface area contributed by atoms with Crippen LogP contribution in [0, 0.1) is 0 Å². The zero-order chi connectivity index (χ0) is 22.5. The molecule has 0 radical (unpaired) electrons. The zero-order valence-electron chi connectivity index (χ0n) is 17.9. The first-order valence-corrected chi connectivity index (χ1v) is 11.9. The Bertz CT molecular complexity index is 928. The number of nitrogens with one attached hydrogen (secondary N) is 1. The van der Waals surface area contributed by atoms with Crippen molar-refractivity contribution in [2.45, 2.75) is 33.4 Å². The largest absolute Gasteiger partial charge is 0.335 e. The molecule has 1 aromatic carbocycles. The minimum Gasteiger partial charge on any atom is -0.335 e. The number of amides is 3. The van der Waals surface area contributed by atoms with E-state index < -0.39 is 0 Å². The smallest absolute Gasteiger partial charge is 0.322 e. The van der Waals surface area contributed by atoms with Gasteiger partial charge in [0.15, 0.2) is 0 Å². The first kappa shape index (κ1) is 23.8. The quantitative estimate of drug-likeness (QED) is 0.647. The van der Waals surface area contributed by atoms with E-state index in [-0.39, 0.29) is 18.0 Å². The lowest BCUT2D eigenvalue weighted by Crippen LogP contribution is -2.48. The summed E-state index contributed by atoms with van der Waals surface area (Å²) < 4.78 is 0. The standard InChI is InChI=1S/C21H27Cl2N5O2S/c1-4-26-7-9-27(10-8-26)20(29)18-13-31-19(25-18)12-28(14(2)3)21(30)24-15-5-6-16(22)17(23)11-15/h5-6,11,13-14H,4,7-10,12H2,1-3H3,(H,24,30). The van der Waals surface area contributed by atoms with Crippen molar-refractivity contribution in [3.63, 3.8) is 0 Å². The van der Waals surface area contributed by atoms with Gasteiger partial charge in [0.05, 0.1) is 16.6 Å². The van der Waals surface area contributed by atoms with Crippen LogP contribution in [0.2, 0.25) is 10.0 Å². The van der Waals surface area contributed by atoms with Gasteiger partial charge in [0.2, 0.25) is 0 Å². The third-order valence-corrected chi connectivity index (χ3v) is 6.81. The fraction of sp³-hybridized carbons (Fsp3) is 0.476. The Balaban J connectivity index is 1.64. The molecule has 1 aromatic heterocycles. The van der Waals surface area contributed by atoms with Crippen LogP contribution in [0.3, 0.4) is 0 Å². The Labute approximate surface area is 196 Å². The van der Waals surface area contributed by atoms with Crippen molar-refractivity contribution >= 4 is 52.2 Å². The molecule has 0 aliphatic carbocycles. The highest BCUT2D eigenvalue weighted by Gasteiger charge is 2.24. The molecule has 0 bridgehead atoms. The fourth-order valence-corrected chi connectivity index (χ4v) is 4.38. The lowest BCUT2D eigenvalue weighted by Gasteiger charge is -2.33. The number of carbonyl (C=O) groups excluding carboxylic acids is 2. The van der Waals surface area contributed by atoms with Gasteiger partial charge in [-0.05, 0) is 38.6 Å². The van der Waals surface area contributed by atoms with E-state index in [0.29, 0.717) is 46.1 Å². The molecule has 7 nitrogen and oxygen atoms in total. The van der Waals surface area contributed by atoms with Gasteiger partial charge in [-0.2, -0.15) is 0 Å². The topological polar surface area (TPSA) is 68.8 Å². The fourth-order valence-electron chi connectivity index (χ4n) is 3.31. The molecule has 0 saturated carbocycles. The van der Waals surface area contributed by atoms with E-state index >= 15 is 0 Å². The van der Waals surface area contributed by atoms with Crippen LogP contribution in [0.25, 0.3) is 0 Å². The van der Waals surface area contributed by atoms with Gasteiger partial charge in [-0.25, -0.2) is 9.78 Å². The molecule has 168 valence electrons. The van der Waals surface area contributed by atoms with E-state index in [4.69, 9.17) is 23.2 Å². The number of nitrogens with zero attached hydrogens (tertiary/aromatic N) is 4. The van der Waals surface area contributed by atoms with Crippen molar-refractivity contribution in [3.8, 4) is 0 Å². The summed E-state index contributed by atoms with van der Waals surface area (Å²) in [5.74, 6) is -0.0467. The first-order valence-electron chi connectivity index (χ1n) is 10.3. The Hall–Kier alpha value is -1.87. The Morgan fingerprint density at radius 1 is 1.19 bits per heavy atom. The molecular weight excluding hydrogens is 457 g/mol. The van der Waals surface area contributed by atoms with E-state index in [1.54, 1.807) is 28.5 Å². The van der Waals surface area contributed by atoms with Gasteiger partial charge in [-0.3, -0.25) is 4.79 Å². The maximum absolute atomic E-state index is 12.8. The number of hydrogen-bond acceptors (Lipinski definition) is 5. The summed E-state index contributed by atoms with van der Waals surface area (Å²) in [4.78, 5) is 36.0. The van der Waals surface area contributed by atoms with E-state index in [2.05, 4.69) is 22.1 Å². The van der Waals surface area contributed by atoms with Crippen LogP contribution in [0.5, 0.6) is 0 Å². The zero-order valence-corrected chi connectivity index (χ0v) is 20.2. The number of piperazine rings is 1. The Morgan fingerprint density at radius 2 is 1.90 bits per heavy atom. The third kappa shape index (κ3) is 6.10. The molecule has 31 heavy (non-hydrogen) atoms. The minimum atomic E-state index is -0.271. The van der Waals surface area contributed by atoms with Crippen LogP contribution >= 0.6 is 34.5 Å². The number of thiazole rings is 1. The van der Waals surface area contributed by atoms with Crippen molar-refractivity contribution in [2.24, 2.45) is 0 Å². The summed E-state index contributed by atoms with van der Waals surface area (Å²) >= 11 is 13.4. The Morgan fingerprint density at radius 3 is 2.52 bits per heavy atom. The van der Waals surface area contributed by atoms with Crippen LogP contribution in [-0.4, -0.2) is 70.4 Å². The molecule has 3 amide bonds. The molecular formula is C21H27Cl2N5O2S. The number of halogens is 2. The molecule has 0 unspecified atom stereocenters. The highest BCUT2D eigenvalue weighted by Crippen LogP contribution is 2.25. The molecule has 0 atom stereocenters. The molecule has 3 rings (SSSR count). The molecule has 10 heteroatoms. The molecule has 1 fully saturated rings. The van der Waals surface area contributed by atoms with Crippen molar-refractivity contribution in [2.75, 3.05) is 38.0 Å². The number of anilines is 1. The SMILES string of the molecule is CCN1CCN(C(=O)c2csc(CN(C(=O)Nc3ccc(Cl)c(Cl)c3)C(C)C)n2)CC1. The summed E-state index contributed by atoms with van der Waals surface area (Å²) in [6.45, 7) is 10.5. The number of urea groups is 1. The van der Waals surface area contributed by atoms with E-state index in [0.717, 1.165) is 19.6 Å². The van der Waals surface area contributed by atoms with Gasteiger partial charge in [0, 0.05) is 43.3 Å². The first-order chi connectivity index (χ1) is 14.8. The van der Waals surface area contributed by atoms with Crippen LogP contribution in [0.4, 0.5) is 10.5 Å². The summed E-state index contributed by atoms with van der Waals surface area (Å²) in [5.41, 5.74) is 1.00. The molecule has 0 spiro atoms. The number of likely N-dealkylation sites (N-methyl/N-ethyl adjacent to an activating group) is 1. The van der Waals surface area contributed by atoms with Crippen molar-refractivity contribution < 1.29 is 9.59 Å². The minimum absolute atomic E-state index is 0.0467. The van der Waals surface area contributed by atoms with Gasteiger partial charge in [0.1, 0.15) is 10.7 Å². The summed E-state index contributed by atoms with van der Waals surface area (Å²) in [6, 6.07) is 4.61. The third-order valence-electron chi connectivity index (χ3n) is 5.24. The Kier molecular flexibility index (Phi) is 8.16. The van der Waals surface area contributed by atoms with Gasteiger partial charge in [0.25, 0.3) is 5.91 Å². The second-order valence-corrected chi connectivity index (χ2v) is 9.39. The van der Waals surface area contributed by atoms with E-state index in [9.17, 15) is 9.59 Å². The predicted octanol–water partition coefficient (Wildman–Crippen LogP) is 4.67. The summed E-state index contributed by atoms with van der Waals surface area (Å²) in [6.07, 6.45) is 0. The van der Waals surface area contributed by atoms with Crippen molar-refractivity contribution in [1.82, 2.24) is 19.7 Å². The highest BCUT2D eigenvalue weighted by molar-refractivity contribution is 7.09. The van der Waals surface area contributed by atoms with Crippen LogP contribution in [0.15, 0.2) is 23.6 Å². The highest BCUT2D eigenvalue weighted by atomic mass is 35.5. The second-order valence-electron chi connectivity index (χ2n) is 7.63. The normalized spacial score (nSPS) is 14.7. The summed E-state index contributed by atoms with van der Waals surface area (Å²) in [7, 11) is 0. The maximum Gasteiger partial charge on any atom is 0.322 e. The second kappa shape index (κ2) is 10.6. The van der Waals surface area contributed by atoms with Crippen molar-refractivity contribution in [1.29, 1.82) is 0 Å². The number of benzene rings is 1. The summed E-state index contributed by atoms with van der Waals surface area (Å²) in [5, 5.41) is 6.14. The lowest BCUT2D eigenvalue weighted by atomic mass is 10.3. The molecule has 1 saturated heterocycles. The number of carbonyl (C=O) groups is 2. The number of aromatic nitrogens is 1.